The summed E-state index contributed by atoms with van der Waals surface area (Å²) in [4.78, 5) is 24.0. The Morgan fingerprint density at radius 3 is 2.13 bits per heavy atom. The lowest BCUT2D eigenvalue weighted by Crippen LogP contribution is -2.12. The van der Waals surface area contributed by atoms with Crippen molar-refractivity contribution in [1.29, 1.82) is 0 Å². The van der Waals surface area contributed by atoms with Gasteiger partial charge in [0, 0.05) is 22.6 Å². The number of ketones is 2. The molecule has 3 aromatic rings. The third kappa shape index (κ3) is 6.42. The van der Waals surface area contributed by atoms with Gasteiger partial charge < -0.3 is 4.74 Å². The first kappa shape index (κ1) is 22.1. The normalized spacial score (nSPS) is 11.2. The zero-order chi connectivity index (χ0) is 22.1. The highest BCUT2D eigenvalue weighted by Crippen LogP contribution is 2.16. The van der Waals surface area contributed by atoms with Gasteiger partial charge in [-0.25, -0.2) is 0 Å². The van der Waals surface area contributed by atoms with E-state index in [-0.39, 0.29) is 24.1 Å². The van der Waals surface area contributed by atoms with Crippen LogP contribution in [-0.2, 0) is 11.2 Å². The van der Waals surface area contributed by atoms with Crippen LogP contribution in [-0.4, -0.2) is 18.2 Å². The largest absolute Gasteiger partial charge is 0.481 e. The van der Waals surface area contributed by atoms with E-state index in [1.54, 1.807) is 43.3 Å². The van der Waals surface area contributed by atoms with E-state index in [4.69, 9.17) is 4.74 Å². The second-order valence-electron chi connectivity index (χ2n) is 7.43. The molecule has 3 aromatic carbocycles. The molecule has 0 fully saturated rings. The van der Waals surface area contributed by atoms with Crippen molar-refractivity contribution >= 4 is 11.6 Å². The van der Waals surface area contributed by atoms with Crippen LogP contribution < -0.4 is 4.74 Å². The van der Waals surface area contributed by atoms with E-state index in [1.807, 2.05) is 49.4 Å². The summed E-state index contributed by atoms with van der Waals surface area (Å²) >= 11 is 0. The molecule has 3 heteroatoms. The number of hydrogen-bond donors (Lipinski definition) is 0. The lowest BCUT2D eigenvalue weighted by molar-refractivity contribution is -0.120. The number of hydrogen-bond acceptors (Lipinski definition) is 3. The highest BCUT2D eigenvalue weighted by Gasteiger charge is 2.12. The number of benzene rings is 3. The molecule has 31 heavy (non-hydrogen) atoms. The SMILES string of the molecule is CC[C@@H](Cc1ccc(C#CCOc2ccc(C(=O)c3ccccc3)cc2)cc1)C(C)=O. The quantitative estimate of drug-likeness (QED) is 0.363. The molecule has 0 aliphatic heterocycles. The first-order valence-corrected chi connectivity index (χ1v) is 10.5. The van der Waals surface area contributed by atoms with Crippen LogP contribution in [0.2, 0.25) is 0 Å². The average Bonchev–Trinajstić information content (AvgIpc) is 2.81. The number of Topliss-reactive ketones (excluding diaryl/α,β-unsaturated/α-hetero) is 1. The van der Waals surface area contributed by atoms with E-state index < -0.39 is 0 Å². The molecule has 156 valence electrons. The molecule has 0 heterocycles. The monoisotopic (exact) mass is 410 g/mol. The van der Waals surface area contributed by atoms with Gasteiger partial charge in [-0.1, -0.05) is 61.2 Å². The lowest BCUT2D eigenvalue weighted by Gasteiger charge is -2.10. The van der Waals surface area contributed by atoms with Crippen LogP contribution in [0.15, 0.2) is 78.9 Å². The van der Waals surface area contributed by atoms with Crippen LogP contribution in [0.25, 0.3) is 0 Å². The molecule has 0 saturated carbocycles. The van der Waals surface area contributed by atoms with Gasteiger partial charge in [0.05, 0.1) is 0 Å². The van der Waals surface area contributed by atoms with Gasteiger partial charge in [-0.15, -0.1) is 0 Å². The van der Waals surface area contributed by atoms with Crippen LogP contribution in [0.5, 0.6) is 5.75 Å². The predicted molar refractivity (Wildman–Crippen MR) is 123 cm³/mol. The standard InChI is InChI=1S/C28H26O3/c1-3-24(21(2)29)20-23-13-11-22(12-14-23)8-7-19-31-27-17-15-26(16-18-27)28(30)25-9-5-4-6-10-25/h4-6,9-18,24H,3,19-20H2,1-2H3/t24-/m0/s1. The Kier molecular flexibility index (Phi) is 7.79. The van der Waals surface area contributed by atoms with Crippen LogP contribution in [0.3, 0.4) is 0 Å². The fourth-order valence-corrected chi connectivity index (χ4v) is 3.30. The average molecular weight is 411 g/mol. The summed E-state index contributed by atoms with van der Waals surface area (Å²) in [7, 11) is 0. The van der Waals surface area contributed by atoms with Gasteiger partial charge in [-0.05, 0) is 61.7 Å². The first-order chi connectivity index (χ1) is 15.1. The summed E-state index contributed by atoms with van der Waals surface area (Å²) in [6.45, 7) is 3.96. The summed E-state index contributed by atoms with van der Waals surface area (Å²) in [6, 6.07) is 24.3. The second kappa shape index (κ2) is 10.9. The molecule has 3 rings (SSSR count). The second-order valence-corrected chi connectivity index (χ2v) is 7.43. The van der Waals surface area contributed by atoms with Crippen molar-refractivity contribution in [3.8, 4) is 17.6 Å². The molecule has 0 spiro atoms. The zero-order valence-electron chi connectivity index (χ0n) is 17.9. The smallest absolute Gasteiger partial charge is 0.193 e. The van der Waals surface area contributed by atoms with Gasteiger partial charge in [0.2, 0.25) is 0 Å². The molecule has 0 aliphatic carbocycles. The van der Waals surface area contributed by atoms with Crippen molar-refractivity contribution in [2.45, 2.75) is 26.7 Å². The minimum atomic E-state index is -0.0102. The minimum Gasteiger partial charge on any atom is -0.481 e. The van der Waals surface area contributed by atoms with Crippen molar-refractivity contribution in [1.82, 2.24) is 0 Å². The topological polar surface area (TPSA) is 43.4 Å². The molecule has 0 aliphatic rings. The van der Waals surface area contributed by atoms with Crippen molar-refractivity contribution < 1.29 is 14.3 Å². The van der Waals surface area contributed by atoms with E-state index in [0.29, 0.717) is 16.9 Å². The highest BCUT2D eigenvalue weighted by atomic mass is 16.5. The number of rotatable bonds is 8. The molecule has 0 aromatic heterocycles. The Balaban J connectivity index is 1.52. The third-order valence-corrected chi connectivity index (χ3v) is 5.20. The first-order valence-electron chi connectivity index (χ1n) is 10.5. The number of ether oxygens (including phenoxy) is 1. The molecular weight excluding hydrogens is 384 g/mol. The number of carbonyl (C=O) groups excluding carboxylic acids is 2. The van der Waals surface area contributed by atoms with Crippen LogP contribution in [0.4, 0.5) is 0 Å². The summed E-state index contributed by atoms with van der Waals surface area (Å²) in [6.07, 6.45) is 1.63. The van der Waals surface area contributed by atoms with E-state index >= 15 is 0 Å². The highest BCUT2D eigenvalue weighted by molar-refractivity contribution is 6.08. The maximum absolute atomic E-state index is 12.4. The number of carbonyl (C=O) groups is 2. The Morgan fingerprint density at radius 1 is 0.871 bits per heavy atom. The summed E-state index contributed by atoms with van der Waals surface area (Å²) in [5, 5.41) is 0. The Hall–Kier alpha value is -3.64. The molecule has 0 saturated heterocycles. The summed E-state index contributed by atoms with van der Waals surface area (Å²) < 4.78 is 5.66. The fraction of sp³-hybridized carbons (Fsp3) is 0.214. The molecule has 0 N–H and O–H groups in total. The lowest BCUT2D eigenvalue weighted by atomic mass is 9.93. The van der Waals surface area contributed by atoms with Gasteiger partial charge in [0.1, 0.15) is 18.1 Å². The van der Waals surface area contributed by atoms with Gasteiger partial charge in [-0.3, -0.25) is 9.59 Å². The van der Waals surface area contributed by atoms with Crippen molar-refractivity contribution in [2.24, 2.45) is 5.92 Å². The molecular formula is C28H26O3. The van der Waals surface area contributed by atoms with Gasteiger partial charge in [0.15, 0.2) is 5.78 Å². The van der Waals surface area contributed by atoms with E-state index in [9.17, 15) is 9.59 Å². The Labute approximate surface area is 184 Å². The summed E-state index contributed by atoms with van der Waals surface area (Å²) in [5.41, 5.74) is 3.35. The van der Waals surface area contributed by atoms with Gasteiger partial charge in [-0.2, -0.15) is 0 Å². The molecule has 0 amide bonds. The van der Waals surface area contributed by atoms with E-state index in [1.165, 1.54) is 0 Å². The molecule has 0 radical (unpaired) electrons. The molecule has 0 bridgehead atoms. The molecule has 1 atom stereocenters. The van der Waals surface area contributed by atoms with Crippen LogP contribution in [0, 0.1) is 17.8 Å². The molecule has 0 unspecified atom stereocenters. The van der Waals surface area contributed by atoms with Gasteiger partial charge >= 0.3 is 0 Å². The molecule has 3 nitrogen and oxygen atoms in total. The van der Waals surface area contributed by atoms with Crippen LogP contribution >= 0.6 is 0 Å². The van der Waals surface area contributed by atoms with Gasteiger partial charge in [0.25, 0.3) is 0 Å². The maximum atomic E-state index is 12.4. The van der Waals surface area contributed by atoms with Crippen molar-refractivity contribution in [3.05, 3.63) is 101 Å². The van der Waals surface area contributed by atoms with Crippen molar-refractivity contribution in [3.63, 3.8) is 0 Å². The van der Waals surface area contributed by atoms with E-state index in [2.05, 4.69) is 11.8 Å². The maximum Gasteiger partial charge on any atom is 0.193 e. The summed E-state index contributed by atoms with van der Waals surface area (Å²) in [5.74, 6) is 7.08. The fourth-order valence-electron chi connectivity index (χ4n) is 3.30. The Morgan fingerprint density at radius 2 is 1.52 bits per heavy atom. The predicted octanol–water partition coefficient (Wildman–Crippen LogP) is 5.51. The van der Waals surface area contributed by atoms with Crippen LogP contribution in [0.1, 0.15) is 47.3 Å². The van der Waals surface area contributed by atoms with Crippen molar-refractivity contribution in [2.75, 3.05) is 6.61 Å². The minimum absolute atomic E-state index is 0.0102. The Bertz CT molecular complexity index is 1070. The third-order valence-electron chi connectivity index (χ3n) is 5.20. The van der Waals surface area contributed by atoms with E-state index in [0.717, 1.165) is 24.0 Å². The zero-order valence-corrected chi connectivity index (χ0v) is 17.9.